The van der Waals surface area contributed by atoms with Crippen molar-refractivity contribution in [2.45, 2.75) is 9.72 Å². The Kier molecular flexibility index (Phi) is 3.77. The van der Waals surface area contributed by atoms with Crippen LogP contribution in [0.5, 0.6) is 0 Å². The van der Waals surface area contributed by atoms with Gasteiger partial charge in [0.05, 0.1) is 0 Å². The van der Waals surface area contributed by atoms with Gasteiger partial charge in [-0.25, -0.2) is 4.98 Å². The molecule has 4 nitrogen and oxygen atoms in total. The molecule has 1 rings (SSSR count). The molecule has 1 aromatic heterocycles. The molecule has 1 N–H and O–H groups in total. The average molecular weight is 225 g/mol. The maximum Gasteiger partial charge on any atom is 0.322 e. The fraction of sp³-hybridized carbons (Fsp3) is 0.400. The molecule has 0 amide bonds. The summed E-state index contributed by atoms with van der Waals surface area (Å²) in [4.78, 5) is 14.1. The van der Waals surface area contributed by atoms with E-state index in [-0.39, 0.29) is 0 Å². The highest BCUT2D eigenvalue weighted by Crippen LogP contribution is 2.20. The summed E-state index contributed by atoms with van der Waals surface area (Å²) in [6.07, 6.45) is 1.43. The van der Waals surface area contributed by atoms with Crippen LogP contribution in [-0.2, 0) is 4.79 Å². The second-order valence-electron chi connectivity index (χ2n) is 1.82. The average Bonchev–Trinajstić information content (AvgIpc) is 2.51. The largest absolute Gasteiger partial charge is 0.480 e. The van der Waals surface area contributed by atoms with Crippen molar-refractivity contribution in [2.24, 2.45) is 0 Å². The Labute approximate surface area is 82.1 Å². The van der Waals surface area contributed by atoms with Crippen molar-refractivity contribution in [3.63, 3.8) is 0 Å². The summed E-state index contributed by atoms with van der Waals surface area (Å²) in [5, 5.41) is 7.57. The molecule has 0 spiro atoms. The molecule has 1 atom stereocenters. The topological polar surface area (TPSA) is 63.1 Å². The van der Waals surface area contributed by atoms with E-state index < -0.39 is 11.3 Å². The number of thioether (sulfide) groups is 1. The van der Waals surface area contributed by atoms with Gasteiger partial charge in [-0.3, -0.25) is 4.79 Å². The zero-order valence-electron chi connectivity index (χ0n) is 5.81. The number of hydrogen-bond acceptors (Lipinski definition) is 5. The second kappa shape index (κ2) is 4.64. The molecule has 0 aliphatic rings. The molecule has 0 radical (unpaired) electrons. The van der Waals surface area contributed by atoms with Gasteiger partial charge in [0, 0.05) is 5.75 Å². The quantitative estimate of drug-likeness (QED) is 0.618. The third-order valence-electron chi connectivity index (χ3n) is 0.962. The Morgan fingerprint density at radius 1 is 1.92 bits per heavy atom. The lowest BCUT2D eigenvalue weighted by atomic mass is 10.5. The van der Waals surface area contributed by atoms with E-state index in [4.69, 9.17) is 16.7 Å². The van der Waals surface area contributed by atoms with Crippen LogP contribution in [0.15, 0.2) is 10.7 Å². The van der Waals surface area contributed by atoms with Gasteiger partial charge in [-0.2, -0.15) is 4.37 Å². The van der Waals surface area contributed by atoms with Crippen LogP contribution in [0.2, 0.25) is 0 Å². The highest BCUT2D eigenvalue weighted by Gasteiger charge is 2.14. The van der Waals surface area contributed by atoms with Gasteiger partial charge in [-0.15, -0.1) is 11.6 Å². The number of hydrogen-bond donors (Lipinski definition) is 1. The summed E-state index contributed by atoms with van der Waals surface area (Å²) in [6, 6.07) is 0. The van der Waals surface area contributed by atoms with Gasteiger partial charge in [0.25, 0.3) is 0 Å². The Morgan fingerprint density at radius 3 is 3.17 bits per heavy atom. The van der Waals surface area contributed by atoms with E-state index in [1.807, 2.05) is 0 Å². The summed E-state index contributed by atoms with van der Waals surface area (Å²) in [7, 11) is 0. The maximum absolute atomic E-state index is 10.3. The Hall–Kier alpha value is -0.330. The van der Waals surface area contributed by atoms with Crippen molar-refractivity contribution in [1.82, 2.24) is 9.36 Å². The first-order chi connectivity index (χ1) is 5.70. The monoisotopic (exact) mass is 224 g/mol. The van der Waals surface area contributed by atoms with E-state index in [1.54, 1.807) is 0 Å². The third kappa shape index (κ3) is 2.96. The summed E-state index contributed by atoms with van der Waals surface area (Å²) in [5.41, 5.74) is 0. The summed E-state index contributed by atoms with van der Waals surface area (Å²) >= 11 is 7.99. The fourth-order valence-electron chi connectivity index (χ4n) is 0.442. The number of aliphatic carboxylic acids is 1. The molecule has 1 heterocycles. The maximum atomic E-state index is 10.3. The molecule has 66 valence electrons. The molecule has 12 heavy (non-hydrogen) atoms. The number of carboxylic acids is 1. The molecular formula is C5H5ClN2O2S2. The van der Waals surface area contributed by atoms with E-state index >= 15 is 0 Å². The van der Waals surface area contributed by atoms with Gasteiger partial charge in [0.15, 0.2) is 4.34 Å². The normalized spacial score (nSPS) is 12.8. The summed E-state index contributed by atoms with van der Waals surface area (Å²) < 4.78 is 4.50. The molecular weight excluding hydrogens is 220 g/mol. The first-order valence-corrected chi connectivity index (χ1v) is 5.16. The smallest absolute Gasteiger partial charge is 0.322 e. The van der Waals surface area contributed by atoms with Crippen molar-refractivity contribution < 1.29 is 9.90 Å². The van der Waals surface area contributed by atoms with Gasteiger partial charge in [-0.1, -0.05) is 11.8 Å². The van der Waals surface area contributed by atoms with E-state index in [0.29, 0.717) is 5.75 Å². The van der Waals surface area contributed by atoms with Crippen molar-refractivity contribution >= 4 is 40.9 Å². The van der Waals surface area contributed by atoms with Crippen molar-refractivity contribution in [3.8, 4) is 0 Å². The molecule has 0 aliphatic carbocycles. The molecule has 0 aromatic carbocycles. The van der Waals surface area contributed by atoms with E-state index in [1.165, 1.54) is 29.6 Å². The molecule has 0 saturated heterocycles. The zero-order chi connectivity index (χ0) is 8.97. The zero-order valence-corrected chi connectivity index (χ0v) is 8.20. The van der Waals surface area contributed by atoms with Gasteiger partial charge in [-0.05, 0) is 11.5 Å². The lowest BCUT2D eigenvalue weighted by Gasteiger charge is -1.99. The van der Waals surface area contributed by atoms with Crippen LogP contribution in [0.1, 0.15) is 0 Å². The van der Waals surface area contributed by atoms with Gasteiger partial charge in [0.2, 0.25) is 0 Å². The first kappa shape index (κ1) is 9.76. The second-order valence-corrected chi connectivity index (χ2v) is 4.40. The Bertz CT molecular complexity index is 254. The van der Waals surface area contributed by atoms with Crippen LogP contribution in [0.25, 0.3) is 0 Å². The number of alkyl halides is 1. The van der Waals surface area contributed by atoms with Gasteiger partial charge >= 0.3 is 5.97 Å². The number of carbonyl (C=O) groups is 1. The lowest BCUT2D eigenvalue weighted by molar-refractivity contribution is -0.136. The molecule has 0 fully saturated rings. The molecule has 1 unspecified atom stereocenters. The minimum Gasteiger partial charge on any atom is -0.480 e. The lowest BCUT2D eigenvalue weighted by Crippen LogP contribution is -2.15. The van der Waals surface area contributed by atoms with Crippen LogP contribution in [0.4, 0.5) is 0 Å². The molecule has 7 heteroatoms. The Balaban J connectivity index is 2.31. The Morgan fingerprint density at radius 2 is 2.67 bits per heavy atom. The predicted octanol–water partition coefficient (Wildman–Crippen LogP) is 1.32. The van der Waals surface area contributed by atoms with Crippen molar-refractivity contribution in [3.05, 3.63) is 6.33 Å². The van der Waals surface area contributed by atoms with Crippen LogP contribution in [0, 0.1) is 0 Å². The highest BCUT2D eigenvalue weighted by atomic mass is 35.5. The molecule has 0 aliphatic heterocycles. The fourth-order valence-corrected chi connectivity index (χ4v) is 2.01. The number of aromatic nitrogens is 2. The number of rotatable bonds is 4. The minimum absolute atomic E-state index is 0.312. The summed E-state index contributed by atoms with van der Waals surface area (Å²) in [6.45, 7) is 0. The highest BCUT2D eigenvalue weighted by molar-refractivity contribution is 8.01. The minimum atomic E-state index is -1.01. The van der Waals surface area contributed by atoms with Crippen molar-refractivity contribution in [1.29, 1.82) is 0 Å². The predicted molar refractivity (Wildman–Crippen MR) is 47.9 cm³/mol. The van der Waals surface area contributed by atoms with E-state index in [9.17, 15) is 4.79 Å². The number of carboxylic acid groups (broad SMARTS) is 1. The van der Waals surface area contributed by atoms with E-state index in [2.05, 4.69) is 9.36 Å². The van der Waals surface area contributed by atoms with Crippen LogP contribution < -0.4 is 0 Å². The number of nitrogens with zero attached hydrogens (tertiary/aromatic N) is 2. The van der Waals surface area contributed by atoms with Crippen LogP contribution >= 0.6 is 34.9 Å². The standard InChI is InChI=1S/C5H5ClN2O2S2/c6-3(4(9)10)1-11-5-7-2-8-12-5/h2-3H,1H2,(H,9,10). The van der Waals surface area contributed by atoms with Crippen molar-refractivity contribution in [2.75, 3.05) is 5.75 Å². The van der Waals surface area contributed by atoms with E-state index in [0.717, 1.165) is 4.34 Å². The van der Waals surface area contributed by atoms with Crippen LogP contribution in [-0.4, -0.2) is 31.6 Å². The third-order valence-corrected chi connectivity index (χ3v) is 3.38. The molecule has 0 bridgehead atoms. The summed E-state index contributed by atoms with van der Waals surface area (Å²) in [5.74, 6) is -0.694. The first-order valence-electron chi connectivity index (χ1n) is 2.96. The molecule has 0 saturated carbocycles. The van der Waals surface area contributed by atoms with Crippen LogP contribution in [0.3, 0.4) is 0 Å². The number of halogens is 1. The molecule has 1 aromatic rings. The van der Waals surface area contributed by atoms with Gasteiger partial charge in [0.1, 0.15) is 11.7 Å². The SMILES string of the molecule is O=C(O)C(Cl)CSc1ncns1. The van der Waals surface area contributed by atoms with Gasteiger partial charge < -0.3 is 5.11 Å².